The quantitative estimate of drug-likeness (QED) is 0.216. The first-order valence-electron chi connectivity index (χ1n) is 6.55. The van der Waals surface area contributed by atoms with Crippen LogP contribution in [0, 0.1) is 8.78 Å². The van der Waals surface area contributed by atoms with E-state index in [9.17, 15) is 10.0 Å². The standard InChI is InChI=1S/C15H14IN3O3S/c16-12-7-6-10(8-13(12)19(21)22)14(20)9-23-15(17)18-11-4-2-1-3-5-11/h1-8,19,21H,9H2,(H2,17,18). The molecule has 4 N–H and O–H groups in total. The van der Waals surface area contributed by atoms with E-state index in [1.807, 2.05) is 52.9 Å². The molecule has 0 fully saturated rings. The second-order valence-electron chi connectivity index (χ2n) is 4.50. The predicted octanol–water partition coefficient (Wildman–Crippen LogP) is 2.26. The van der Waals surface area contributed by atoms with E-state index in [0.717, 1.165) is 11.8 Å². The zero-order valence-electron chi connectivity index (χ0n) is 11.9. The lowest BCUT2D eigenvalue weighted by molar-refractivity contribution is -0.991. The Bertz CT molecular complexity index is 723. The minimum absolute atomic E-state index is 0.0990. The van der Waals surface area contributed by atoms with Gasteiger partial charge in [-0.3, -0.25) is 4.79 Å². The summed E-state index contributed by atoms with van der Waals surface area (Å²) < 4.78 is 0.587. The Balaban J connectivity index is 2.02. The number of aliphatic imine (C=N–C) groups is 1. The van der Waals surface area contributed by atoms with Gasteiger partial charge in [0.15, 0.2) is 16.6 Å². The second-order valence-corrected chi connectivity index (χ2v) is 6.66. The molecule has 1 atom stereocenters. The normalized spacial score (nSPS) is 12.9. The van der Waals surface area contributed by atoms with E-state index in [0.29, 0.717) is 14.8 Å². The molecule has 1 unspecified atom stereocenters. The maximum absolute atomic E-state index is 12.2. The Kier molecular flexibility index (Phi) is 6.54. The fraction of sp³-hybridized carbons (Fsp3) is 0.0667. The number of carbonyl (C=O) groups excluding carboxylic acids is 1. The summed E-state index contributed by atoms with van der Waals surface area (Å²) >= 11 is 3.05. The Morgan fingerprint density at radius 2 is 2.00 bits per heavy atom. The van der Waals surface area contributed by atoms with Gasteiger partial charge in [0.05, 0.1) is 15.0 Å². The largest absolute Gasteiger partial charge is 0.595 e. The molecule has 8 heteroatoms. The number of nitrogens with one attached hydrogen (secondary N) is 1. The fourth-order valence-electron chi connectivity index (χ4n) is 1.75. The number of halogens is 1. The Labute approximate surface area is 151 Å². The number of hydrogen-bond acceptors (Lipinski definition) is 5. The topological polar surface area (TPSA) is 103 Å². The van der Waals surface area contributed by atoms with E-state index < -0.39 is 5.23 Å². The van der Waals surface area contributed by atoms with Crippen molar-refractivity contribution in [3.8, 4) is 0 Å². The minimum Gasteiger partial charge on any atom is -0.595 e. The highest BCUT2D eigenvalue weighted by Crippen LogP contribution is 2.18. The Hall–Kier alpha value is -1.46. The van der Waals surface area contributed by atoms with Crippen molar-refractivity contribution in [1.29, 1.82) is 0 Å². The number of thioether (sulfide) groups is 1. The highest BCUT2D eigenvalue weighted by atomic mass is 127. The highest BCUT2D eigenvalue weighted by Gasteiger charge is 2.13. The number of hydrogen-bond donors (Lipinski definition) is 3. The zero-order valence-corrected chi connectivity index (χ0v) is 14.9. The molecule has 2 aromatic rings. The number of benzene rings is 2. The molecule has 0 amide bonds. The first kappa shape index (κ1) is 17.9. The lowest BCUT2D eigenvalue weighted by Gasteiger charge is -2.14. The summed E-state index contributed by atoms with van der Waals surface area (Å²) in [7, 11) is 0. The summed E-state index contributed by atoms with van der Waals surface area (Å²) in [6, 6.07) is 13.8. The van der Waals surface area contributed by atoms with Gasteiger partial charge in [-0.25, -0.2) is 10.2 Å². The van der Waals surface area contributed by atoms with Gasteiger partial charge in [0.25, 0.3) is 0 Å². The maximum Gasteiger partial charge on any atom is 0.177 e. The van der Waals surface area contributed by atoms with Crippen LogP contribution in [0.5, 0.6) is 0 Å². The van der Waals surface area contributed by atoms with Crippen LogP contribution < -0.4 is 11.0 Å². The molecule has 0 aromatic heterocycles. The van der Waals surface area contributed by atoms with Gasteiger partial charge in [-0.2, -0.15) is 5.23 Å². The molecule has 6 nitrogen and oxygen atoms in total. The third-order valence-electron chi connectivity index (χ3n) is 2.87. The predicted molar refractivity (Wildman–Crippen MR) is 99.4 cm³/mol. The lowest BCUT2D eigenvalue weighted by Crippen LogP contribution is -2.99. The number of para-hydroxylation sites is 1. The van der Waals surface area contributed by atoms with Gasteiger partial charge in [-0.1, -0.05) is 30.0 Å². The van der Waals surface area contributed by atoms with Crippen LogP contribution in [-0.4, -0.2) is 21.9 Å². The van der Waals surface area contributed by atoms with Crippen molar-refractivity contribution in [3.63, 3.8) is 0 Å². The summed E-state index contributed by atoms with van der Waals surface area (Å²) in [6.45, 7) is 0. The molecule has 0 heterocycles. The van der Waals surface area contributed by atoms with Crippen LogP contribution in [0.2, 0.25) is 0 Å². The van der Waals surface area contributed by atoms with E-state index in [1.165, 1.54) is 6.07 Å². The lowest BCUT2D eigenvalue weighted by atomic mass is 10.1. The number of quaternary nitrogens is 1. The molecule has 0 aliphatic rings. The minimum atomic E-state index is -1.05. The highest BCUT2D eigenvalue weighted by molar-refractivity contribution is 14.1. The van der Waals surface area contributed by atoms with Gasteiger partial charge < -0.3 is 10.9 Å². The molecular formula is C15H14IN3O3S. The van der Waals surface area contributed by atoms with Gasteiger partial charge in [0.2, 0.25) is 0 Å². The van der Waals surface area contributed by atoms with E-state index in [2.05, 4.69) is 4.99 Å². The van der Waals surface area contributed by atoms with Crippen LogP contribution >= 0.6 is 34.4 Å². The van der Waals surface area contributed by atoms with Crippen LogP contribution in [0.3, 0.4) is 0 Å². The maximum atomic E-state index is 12.2. The molecule has 0 aliphatic heterocycles. The summed E-state index contributed by atoms with van der Waals surface area (Å²) in [5, 5.41) is 19.4. The molecule has 0 aliphatic carbocycles. The number of amidine groups is 1. The van der Waals surface area contributed by atoms with Gasteiger partial charge in [0, 0.05) is 11.6 Å². The SMILES string of the molecule is NC(=Nc1ccccc1)SCC(=O)c1ccc(I)c([NH+]([O-])O)c1. The molecule has 2 rings (SSSR count). The molecule has 0 saturated carbocycles. The van der Waals surface area contributed by atoms with Crippen molar-refractivity contribution in [3.05, 3.63) is 62.9 Å². The Morgan fingerprint density at radius 1 is 1.30 bits per heavy atom. The third-order valence-corrected chi connectivity index (χ3v) is 4.60. The van der Waals surface area contributed by atoms with E-state index in [1.54, 1.807) is 12.1 Å². The number of carbonyl (C=O) groups is 1. The number of rotatable bonds is 5. The van der Waals surface area contributed by atoms with Crippen molar-refractivity contribution in [2.24, 2.45) is 10.7 Å². The van der Waals surface area contributed by atoms with Crippen LogP contribution in [0.25, 0.3) is 0 Å². The van der Waals surface area contributed by atoms with Crippen LogP contribution in [-0.2, 0) is 0 Å². The van der Waals surface area contributed by atoms with Crippen molar-refractivity contribution >= 4 is 56.7 Å². The molecule has 0 saturated heterocycles. The van der Waals surface area contributed by atoms with Crippen LogP contribution in [0.4, 0.5) is 11.4 Å². The molecule has 120 valence electrons. The summed E-state index contributed by atoms with van der Waals surface area (Å²) in [4.78, 5) is 16.4. The third kappa shape index (κ3) is 5.29. The van der Waals surface area contributed by atoms with Crippen molar-refractivity contribution in [2.45, 2.75) is 0 Å². The molecular weight excluding hydrogens is 429 g/mol. The van der Waals surface area contributed by atoms with E-state index in [-0.39, 0.29) is 22.4 Å². The van der Waals surface area contributed by atoms with Gasteiger partial charge >= 0.3 is 0 Å². The monoisotopic (exact) mass is 443 g/mol. The average Bonchev–Trinajstić information content (AvgIpc) is 2.53. The van der Waals surface area contributed by atoms with Crippen molar-refractivity contribution in [2.75, 3.05) is 5.75 Å². The van der Waals surface area contributed by atoms with Crippen LogP contribution in [0.1, 0.15) is 10.4 Å². The molecule has 0 spiro atoms. The summed E-state index contributed by atoms with van der Waals surface area (Å²) in [5.41, 5.74) is 6.98. The number of nitrogens with two attached hydrogens (primary N) is 1. The first-order chi connectivity index (χ1) is 11.0. The summed E-state index contributed by atoms with van der Waals surface area (Å²) in [6.07, 6.45) is 0. The summed E-state index contributed by atoms with van der Waals surface area (Å²) in [5.74, 6) is -0.0953. The molecule has 0 radical (unpaired) electrons. The number of Topliss-reactive ketones (excluding diaryl/α,β-unsaturated/α-hetero) is 1. The zero-order chi connectivity index (χ0) is 16.8. The van der Waals surface area contributed by atoms with Gasteiger partial charge in [-0.05, 0) is 46.9 Å². The molecule has 0 bridgehead atoms. The van der Waals surface area contributed by atoms with Gasteiger partial charge in [0.1, 0.15) is 0 Å². The first-order valence-corrected chi connectivity index (χ1v) is 8.62. The fourth-order valence-corrected chi connectivity index (χ4v) is 2.93. The number of ketones is 1. The van der Waals surface area contributed by atoms with Crippen molar-refractivity contribution in [1.82, 2.24) is 0 Å². The van der Waals surface area contributed by atoms with Crippen molar-refractivity contribution < 1.29 is 15.2 Å². The molecule has 2 aromatic carbocycles. The van der Waals surface area contributed by atoms with Crippen LogP contribution in [0.15, 0.2) is 53.5 Å². The van der Waals surface area contributed by atoms with Gasteiger partial charge in [-0.15, -0.1) is 0 Å². The second kappa shape index (κ2) is 8.41. The smallest absolute Gasteiger partial charge is 0.177 e. The Morgan fingerprint density at radius 3 is 2.65 bits per heavy atom. The van der Waals surface area contributed by atoms with E-state index in [4.69, 9.17) is 10.9 Å². The average molecular weight is 443 g/mol. The molecule has 23 heavy (non-hydrogen) atoms. The number of nitrogens with zero attached hydrogens (tertiary/aromatic N) is 1. The van der Waals surface area contributed by atoms with E-state index >= 15 is 0 Å².